The van der Waals surface area contributed by atoms with E-state index in [0.717, 1.165) is 32.1 Å². The van der Waals surface area contributed by atoms with Crippen molar-refractivity contribution in [1.29, 1.82) is 0 Å². The summed E-state index contributed by atoms with van der Waals surface area (Å²) in [5, 5.41) is 0. The van der Waals surface area contributed by atoms with E-state index in [4.69, 9.17) is 4.74 Å². The van der Waals surface area contributed by atoms with Crippen LogP contribution in [0.15, 0.2) is 54.6 Å². The fourth-order valence-corrected chi connectivity index (χ4v) is 6.18. The molecule has 2 heterocycles. The largest absolute Gasteiger partial charge is 0.349 e. The van der Waals surface area contributed by atoms with Crippen molar-refractivity contribution in [3.8, 4) is 0 Å². The molecule has 2 aliphatic carbocycles. The number of fused-ring (bicyclic) bond motifs is 3. The zero-order chi connectivity index (χ0) is 22.0. The van der Waals surface area contributed by atoms with Crippen LogP contribution in [0.5, 0.6) is 0 Å². The second kappa shape index (κ2) is 6.94. The summed E-state index contributed by atoms with van der Waals surface area (Å²) in [5.74, 6) is -3.76. The van der Waals surface area contributed by atoms with Gasteiger partial charge in [-0.05, 0) is 18.4 Å². The summed E-state index contributed by atoms with van der Waals surface area (Å²) in [6, 6.07) is 15.5. The number of hydrogen-bond donors (Lipinski definition) is 0. The lowest BCUT2D eigenvalue weighted by Crippen LogP contribution is -2.52. The zero-order valence-corrected chi connectivity index (χ0v) is 17.5. The highest BCUT2D eigenvalue weighted by Gasteiger charge is 2.75. The molecule has 32 heavy (non-hydrogen) atoms. The first-order valence-electron chi connectivity index (χ1n) is 11.3. The first-order valence-corrected chi connectivity index (χ1v) is 11.3. The summed E-state index contributed by atoms with van der Waals surface area (Å²) < 4.78 is 6.28. The van der Waals surface area contributed by atoms with E-state index in [2.05, 4.69) is 0 Å². The van der Waals surface area contributed by atoms with Crippen LogP contribution in [-0.2, 0) is 14.3 Å². The van der Waals surface area contributed by atoms with Gasteiger partial charge in [-0.15, -0.1) is 0 Å². The SMILES string of the molecule is O=C1[C@@H]2[C@@H](c3ccccc3)OC3(C(=O)c4ccccc4C3=O)[C@@H]2C(=O)N1C1CCCCC1. The van der Waals surface area contributed by atoms with Crippen LogP contribution in [0, 0.1) is 11.8 Å². The van der Waals surface area contributed by atoms with E-state index in [9.17, 15) is 19.2 Å². The Bertz CT molecular complexity index is 1110. The van der Waals surface area contributed by atoms with E-state index in [-0.39, 0.29) is 23.1 Å². The van der Waals surface area contributed by atoms with Gasteiger partial charge in [-0.3, -0.25) is 24.1 Å². The van der Waals surface area contributed by atoms with Gasteiger partial charge in [-0.25, -0.2) is 0 Å². The van der Waals surface area contributed by atoms with E-state index in [0.29, 0.717) is 5.56 Å². The van der Waals surface area contributed by atoms with Crippen LogP contribution in [0.3, 0.4) is 0 Å². The molecule has 0 bridgehead atoms. The summed E-state index contributed by atoms with van der Waals surface area (Å²) in [7, 11) is 0. The number of benzene rings is 2. The Morgan fingerprint density at radius 2 is 1.34 bits per heavy atom. The lowest BCUT2D eigenvalue weighted by molar-refractivity contribution is -0.148. The van der Waals surface area contributed by atoms with Gasteiger partial charge in [0, 0.05) is 17.2 Å². The molecule has 2 aromatic rings. The van der Waals surface area contributed by atoms with Crippen molar-refractivity contribution in [2.24, 2.45) is 11.8 Å². The molecule has 0 radical (unpaired) electrons. The van der Waals surface area contributed by atoms with Gasteiger partial charge in [0.05, 0.1) is 17.9 Å². The van der Waals surface area contributed by atoms with Crippen molar-refractivity contribution >= 4 is 23.4 Å². The predicted molar refractivity (Wildman–Crippen MR) is 114 cm³/mol. The van der Waals surface area contributed by atoms with Gasteiger partial charge >= 0.3 is 0 Å². The van der Waals surface area contributed by atoms with Crippen LogP contribution < -0.4 is 0 Å². The highest BCUT2D eigenvalue weighted by Crippen LogP contribution is 2.57. The molecule has 0 aromatic heterocycles. The van der Waals surface area contributed by atoms with E-state index in [1.807, 2.05) is 30.3 Å². The molecule has 2 aliphatic heterocycles. The molecule has 2 amide bonds. The topological polar surface area (TPSA) is 80.8 Å². The number of nitrogens with zero attached hydrogens (tertiary/aromatic N) is 1. The Morgan fingerprint density at radius 3 is 1.97 bits per heavy atom. The molecule has 162 valence electrons. The quantitative estimate of drug-likeness (QED) is 0.539. The monoisotopic (exact) mass is 429 g/mol. The van der Waals surface area contributed by atoms with Crippen LogP contribution in [0.4, 0.5) is 0 Å². The summed E-state index contributed by atoms with van der Waals surface area (Å²) in [6.45, 7) is 0. The average molecular weight is 429 g/mol. The smallest absolute Gasteiger partial charge is 0.237 e. The van der Waals surface area contributed by atoms with Crippen LogP contribution in [0.25, 0.3) is 0 Å². The molecule has 0 N–H and O–H groups in total. The minimum Gasteiger partial charge on any atom is -0.349 e. The van der Waals surface area contributed by atoms with E-state index >= 15 is 0 Å². The molecule has 6 heteroatoms. The van der Waals surface area contributed by atoms with Crippen molar-refractivity contribution in [2.45, 2.75) is 49.9 Å². The van der Waals surface area contributed by atoms with Gasteiger partial charge in [-0.1, -0.05) is 73.9 Å². The Kier molecular flexibility index (Phi) is 4.24. The molecule has 3 atom stereocenters. The number of likely N-dealkylation sites (tertiary alicyclic amines) is 1. The molecule has 0 unspecified atom stereocenters. The molecule has 1 saturated carbocycles. The third-order valence-corrected chi connectivity index (χ3v) is 7.62. The van der Waals surface area contributed by atoms with Gasteiger partial charge < -0.3 is 4.74 Å². The first-order chi connectivity index (χ1) is 15.6. The van der Waals surface area contributed by atoms with Crippen LogP contribution in [-0.4, -0.2) is 39.9 Å². The molecule has 2 aromatic carbocycles. The minimum atomic E-state index is -1.97. The third kappa shape index (κ3) is 2.39. The second-order valence-electron chi connectivity index (χ2n) is 9.23. The minimum absolute atomic E-state index is 0.170. The number of hydrogen-bond acceptors (Lipinski definition) is 5. The van der Waals surface area contributed by atoms with E-state index in [1.165, 1.54) is 4.90 Å². The molecular formula is C26H23NO5. The molecule has 6 nitrogen and oxygen atoms in total. The Morgan fingerprint density at radius 1 is 0.750 bits per heavy atom. The van der Waals surface area contributed by atoms with Crippen LogP contribution in [0.2, 0.25) is 0 Å². The maximum atomic E-state index is 13.8. The maximum absolute atomic E-state index is 13.8. The molecule has 1 spiro atoms. The summed E-state index contributed by atoms with van der Waals surface area (Å²) in [5.41, 5.74) is -0.740. The zero-order valence-electron chi connectivity index (χ0n) is 17.5. The number of ether oxygens (including phenoxy) is 1. The summed E-state index contributed by atoms with van der Waals surface area (Å²) in [6.07, 6.45) is 3.72. The number of carbonyl (C=O) groups excluding carboxylic acids is 4. The number of rotatable bonds is 2. The molecule has 4 aliphatic rings. The van der Waals surface area contributed by atoms with Gasteiger partial charge in [0.25, 0.3) is 0 Å². The average Bonchev–Trinajstić information content (AvgIpc) is 3.40. The maximum Gasteiger partial charge on any atom is 0.237 e. The Balaban J connectivity index is 1.51. The molecular weight excluding hydrogens is 406 g/mol. The van der Waals surface area contributed by atoms with Gasteiger partial charge in [0.2, 0.25) is 29.0 Å². The number of ketones is 2. The molecule has 6 rings (SSSR count). The lowest BCUT2D eigenvalue weighted by atomic mass is 9.77. The normalized spacial score (nSPS) is 29.1. The van der Waals surface area contributed by atoms with Gasteiger partial charge in [0.15, 0.2) is 0 Å². The Labute approximate surface area is 185 Å². The van der Waals surface area contributed by atoms with Crippen molar-refractivity contribution in [3.63, 3.8) is 0 Å². The predicted octanol–water partition coefficient (Wildman–Crippen LogP) is 3.51. The highest BCUT2D eigenvalue weighted by molar-refractivity contribution is 6.35. The van der Waals surface area contributed by atoms with Gasteiger partial charge in [0.1, 0.15) is 0 Å². The van der Waals surface area contributed by atoms with Crippen molar-refractivity contribution in [2.75, 3.05) is 0 Å². The fourth-order valence-electron chi connectivity index (χ4n) is 6.18. The van der Waals surface area contributed by atoms with E-state index in [1.54, 1.807) is 24.3 Å². The van der Waals surface area contributed by atoms with Crippen molar-refractivity contribution in [1.82, 2.24) is 4.90 Å². The Hall–Kier alpha value is -3.12. The van der Waals surface area contributed by atoms with Crippen molar-refractivity contribution in [3.05, 3.63) is 71.3 Å². The second-order valence-corrected chi connectivity index (χ2v) is 9.23. The van der Waals surface area contributed by atoms with Gasteiger partial charge in [-0.2, -0.15) is 0 Å². The number of carbonyl (C=O) groups is 4. The molecule has 3 fully saturated rings. The standard InChI is InChI=1S/C26H23NO5/c28-22-17-13-7-8-14-18(17)23(29)26(22)20-19(21(32-26)15-9-3-1-4-10-15)24(30)27(25(20)31)16-11-5-2-6-12-16/h1,3-4,7-10,13-14,16,19-21H,2,5-6,11-12H2/t19-,20-,21+/m0/s1. The van der Waals surface area contributed by atoms with E-state index < -0.39 is 41.0 Å². The lowest BCUT2D eigenvalue weighted by Gasteiger charge is -2.33. The third-order valence-electron chi connectivity index (χ3n) is 7.62. The molecule has 2 saturated heterocycles. The summed E-state index contributed by atoms with van der Waals surface area (Å²) in [4.78, 5) is 56.2. The van der Waals surface area contributed by atoms with Crippen LogP contribution >= 0.6 is 0 Å². The fraction of sp³-hybridized carbons (Fsp3) is 0.385. The number of Topliss-reactive ketones (excluding diaryl/α,β-unsaturated/α-hetero) is 2. The highest BCUT2D eigenvalue weighted by atomic mass is 16.5. The van der Waals surface area contributed by atoms with Crippen molar-refractivity contribution < 1.29 is 23.9 Å². The number of amides is 2. The van der Waals surface area contributed by atoms with Crippen LogP contribution in [0.1, 0.15) is 64.5 Å². The summed E-state index contributed by atoms with van der Waals surface area (Å²) >= 11 is 0. The first kappa shape index (κ1) is 19.6. The number of imide groups is 1.